The maximum absolute atomic E-state index is 10.7. The summed E-state index contributed by atoms with van der Waals surface area (Å²) in [6.45, 7) is 1.34. The molecule has 1 aliphatic rings. The van der Waals surface area contributed by atoms with Gasteiger partial charge >= 0.3 is 6.03 Å². The van der Waals surface area contributed by atoms with Crippen molar-refractivity contribution < 1.29 is 9.63 Å². The highest BCUT2D eigenvalue weighted by Gasteiger charge is 2.19. The van der Waals surface area contributed by atoms with Crippen molar-refractivity contribution in [3.05, 3.63) is 0 Å². The van der Waals surface area contributed by atoms with Crippen LogP contribution in [0.2, 0.25) is 0 Å². The Hall–Kier alpha value is -1.21. The molecule has 4 nitrogen and oxygen atoms in total. The van der Waals surface area contributed by atoms with Gasteiger partial charge in [0.25, 0.3) is 0 Å². The van der Waals surface area contributed by atoms with E-state index in [1.165, 1.54) is 5.06 Å². The molecule has 1 heterocycles. The summed E-state index contributed by atoms with van der Waals surface area (Å²) in [5.41, 5.74) is 0. The molecule has 0 bridgehead atoms. The highest BCUT2D eigenvalue weighted by molar-refractivity contribution is 5.74. The summed E-state index contributed by atoms with van der Waals surface area (Å²) in [4.78, 5) is 15.6. The first-order valence-corrected chi connectivity index (χ1v) is 2.96. The van der Waals surface area contributed by atoms with Crippen LogP contribution < -0.4 is 5.32 Å². The molecule has 0 atom stereocenters. The second kappa shape index (κ2) is 3.08. The Morgan fingerprint density at radius 2 is 2.70 bits per heavy atom. The van der Waals surface area contributed by atoms with Gasteiger partial charge in [-0.15, -0.1) is 6.42 Å². The molecule has 54 valence electrons. The lowest BCUT2D eigenvalue weighted by Gasteiger charge is -2.10. The number of rotatable bonds is 2. The van der Waals surface area contributed by atoms with Crippen LogP contribution >= 0.6 is 0 Å². The predicted molar refractivity (Wildman–Crippen MR) is 34.9 cm³/mol. The van der Waals surface area contributed by atoms with Gasteiger partial charge in [-0.05, 0) is 0 Å². The third-order valence-corrected chi connectivity index (χ3v) is 1.12. The molecule has 0 aromatic heterocycles. The van der Waals surface area contributed by atoms with Crippen LogP contribution in [0.25, 0.3) is 0 Å². The molecule has 10 heavy (non-hydrogen) atoms. The number of urea groups is 1. The molecule has 0 aliphatic carbocycles. The fourth-order valence-electron chi connectivity index (χ4n) is 0.692. The van der Waals surface area contributed by atoms with Crippen molar-refractivity contribution in [1.82, 2.24) is 10.4 Å². The summed E-state index contributed by atoms with van der Waals surface area (Å²) in [6.07, 6.45) is 4.92. The standard InChI is InChI=1S/C6H8N2O2/c1-2-5-10-8-4-3-7-6(8)9/h1H,3-5H2,(H,7,9). The molecule has 0 aromatic rings. The number of hydrogen-bond donors (Lipinski definition) is 1. The summed E-state index contributed by atoms with van der Waals surface area (Å²) < 4.78 is 0. The zero-order valence-electron chi connectivity index (χ0n) is 5.46. The summed E-state index contributed by atoms with van der Waals surface area (Å²) in [7, 11) is 0. The summed E-state index contributed by atoms with van der Waals surface area (Å²) >= 11 is 0. The van der Waals surface area contributed by atoms with Gasteiger partial charge in [-0.2, -0.15) is 0 Å². The first-order valence-electron chi connectivity index (χ1n) is 2.96. The molecule has 1 aliphatic heterocycles. The molecular weight excluding hydrogens is 132 g/mol. The molecule has 1 fully saturated rings. The molecule has 1 N–H and O–H groups in total. The lowest BCUT2D eigenvalue weighted by molar-refractivity contribution is -0.0876. The fraction of sp³-hybridized carbons (Fsp3) is 0.500. The quantitative estimate of drug-likeness (QED) is 0.529. The minimum absolute atomic E-state index is 0.146. The van der Waals surface area contributed by atoms with E-state index in [1.807, 2.05) is 0 Å². The number of hydroxylamine groups is 2. The number of terminal acetylenes is 1. The zero-order valence-corrected chi connectivity index (χ0v) is 5.46. The smallest absolute Gasteiger partial charge is 0.334 e. The van der Waals surface area contributed by atoms with Crippen molar-refractivity contribution in [2.24, 2.45) is 0 Å². The molecule has 0 unspecified atom stereocenters. The number of carbonyl (C=O) groups is 1. The second-order valence-electron chi connectivity index (χ2n) is 1.81. The van der Waals surface area contributed by atoms with Gasteiger partial charge in [0.15, 0.2) is 0 Å². The van der Waals surface area contributed by atoms with Crippen molar-refractivity contribution in [3.63, 3.8) is 0 Å². The second-order valence-corrected chi connectivity index (χ2v) is 1.81. The summed E-state index contributed by atoms with van der Waals surface area (Å²) in [6, 6.07) is -0.213. The third-order valence-electron chi connectivity index (χ3n) is 1.12. The highest BCUT2D eigenvalue weighted by Crippen LogP contribution is 1.95. The molecule has 2 amide bonds. The zero-order chi connectivity index (χ0) is 7.40. The topological polar surface area (TPSA) is 41.6 Å². The Bertz CT molecular complexity index is 173. The largest absolute Gasteiger partial charge is 0.341 e. The van der Waals surface area contributed by atoms with Crippen LogP contribution in [0.5, 0.6) is 0 Å². The Kier molecular flexibility index (Phi) is 2.13. The average molecular weight is 140 g/mol. The van der Waals surface area contributed by atoms with Crippen LogP contribution in [0.1, 0.15) is 0 Å². The summed E-state index contributed by atoms with van der Waals surface area (Å²) in [5.74, 6) is 2.27. The number of hydrogen-bond acceptors (Lipinski definition) is 2. The van der Waals surface area contributed by atoms with Gasteiger partial charge in [-0.25, -0.2) is 9.86 Å². The van der Waals surface area contributed by atoms with Crippen LogP contribution in [-0.4, -0.2) is 30.8 Å². The lowest BCUT2D eigenvalue weighted by Crippen LogP contribution is -2.28. The first kappa shape index (κ1) is 6.90. The molecule has 0 radical (unpaired) electrons. The van der Waals surface area contributed by atoms with E-state index >= 15 is 0 Å². The van der Waals surface area contributed by atoms with Crippen molar-refractivity contribution in [2.45, 2.75) is 0 Å². The lowest BCUT2D eigenvalue weighted by atomic mass is 10.7. The molecule has 1 rings (SSSR count). The molecular formula is C6H8N2O2. The Morgan fingerprint density at radius 1 is 1.90 bits per heavy atom. The van der Waals surface area contributed by atoms with E-state index in [4.69, 9.17) is 11.3 Å². The Labute approximate surface area is 59.1 Å². The minimum atomic E-state index is -0.213. The van der Waals surface area contributed by atoms with Crippen LogP contribution in [0.15, 0.2) is 0 Å². The average Bonchev–Trinajstić information content (AvgIpc) is 2.31. The normalized spacial score (nSPS) is 16.7. The van der Waals surface area contributed by atoms with Gasteiger partial charge in [-0.1, -0.05) is 5.92 Å². The van der Waals surface area contributed by atoms with E-state index in [9.17, 15) is 4.79 Å². The molecule has 0 aromatic carbocycles. The van der Waals surface area contributed by atoms with Crippen molar-refractivity contribution in [2.75, 3.05) is 19.7 Å². The molecule has 1 saturated heterocycles. The molecule has 0 saturated carbocycles. The molecule has 4 heteroatoms. The Balaban J connectivity index is 2.28. The number of nitrogens with one attached hydrogen (secondary N) is 1. The van der Waals surface area contributed by atoms with Gasteiger partial charge in [0.2, 0.25) is 0 Å². The van der Waals surface area contributed by atoms with Crippen LogP contribution in [-0.2, 0) is 4.84 Å². The number of nitrogens with zero attached hydrogens (tertiary/aromatic N) is 1. The van der Waals surface area contributed by atoms with E-state index in [-0.39, 0.29) is 12.6 Å². The molecule has 0 spiro atoms. The van der Waals surface area contributed by atoms with Gasteiger partial charge in [0.1, 0.15) is 6.61 Å². The van der Waals surface area contributed by atoms with E-state index in [0.717, 1.165) is 0 Å². The van der Waals surface area contributed by atoms with Gasteiger partial charge < -0.3 is 5.32 Å². The monoisotopic (exact) mass is 140 g/mol. The van der Waals surface area contributed by atoms with E-state index in [0.29, 0.717) is 13.1 Å². The van der Waals surface area contributed by atoms with Gasteiger partial charge in [-0.3, -0.25) is 4.84 Å². The van der Waals surface area contributed by atoms with E-state index in [2.05, 4.69) is 11.2 Å². The van der Waals surface area contributed by atoms with Crippen LogP contribution in [0.4, 0.5) is 4.79 Å². The first-order chi connectivity index (χ1) is 4.84. The van der Waals surface area contributed by atoms with Crippen LogP contribution in [0, 0.1) is 12.3 Å². The SMILES string of the molecule is C#CCON1CCNC1=O. The maximum atomic E-state index is 10.7. The van der Waals surface area contributed by atoms with Gasteiger partial charge in [0.05, 0.1) is 6.54 Å². The predicted octanol–water partition coefficient (Wildman–Crippen LogP) is -0.424. The van der Waals surface area contributed by atoms with Gasteiger partial charge in [0, 0.05) is 6.54 Å². The Morgan fingerprint density at radius 3 is 3.20 bits per heavy atom. The van der Waals surface area contributed by atoms with E-state index in [1.54, 1.807) is 0 Å². The van der Waals surface area contributed by atoms with Crippen molar-refractivity contribution in [3.8, 4) is 12.3 Å². The van der Waals surface area contributed by atoms with Crippen LogP contribution in [0.3, 0.4) is 0 Å². The maximum Gasteiger partial charge on any atom is 0.341 e. The van der Waals surface area contributed by atoms with Crippen molar-refractivity contribution in [1.29, 1.82) is 0 Å². The number of carbonyl (C=O) groups excluding carboxylic acids is 1. The van der Waals surface area contributed by atoms with Crippen molar-refractivity contribution >= 4 is 6.03 Å². The fourth-order valence-corrected chi connectivity index (χ4v) is 0.692. The highest BCUT2D eigenvalue weighted by atomic mass is 16.7. The summed E-state index contributed by atoms with van der Waals surface area (Å²) in [5, 5.41) is 3.79. The number of amides is 2. The third kappa shape index (κ3) is 1.39. The minimum Gasteiger partial charge on any atom is -0.334 e. The van der Waals surface area contributed by atoms with E-state index < -0.39 is 0 Å².